The third kappa shape index (κ3) is 3.07. The van der Waals surface area contributed by atoms with E-state index >= 15 is 0 Å². The summed E-state index contributed by atoms with van der Waals surface area (Å²) in [6.45, 7) is 14.7. The number of nitrogens with zero attached hydrogens (tertiary/aromatic N) is 1. The average Bonchev–Trinajstić information content (AvgIpc) is 2.46. The third-order valence-electron chi connectivity index (χ3n) is 4.17. The molecule has 0 radical (unpaired) electrons. The van der Waals surface area contributed by atoms with Crippen molar-refractivity contribution in [3.8, 4) is 0 Å². The molecule has 2 rings (SSSR count). The van der Waals surface area contributed by atoms with Crippen molar-refractivity contribution in [3.63, 3.8) is 0 Å². The summed E-state index contributed by atoms with van der Waals surface area (Å²) in [5.41, 5.74) is 2.58. The highest BCUT2D eigenvalue weighted by Crippen LogP contribution is 2.36. The van der Waals surface area contributed by atoms with Gasteiger partial charge in [0.05, 0.1) is 16.8 Å². The molecular formula is C16H26BNO2. The van der Waals surface area contributed by atoms with Crippen molar-refractivity contribution in [1.82, 2.24) is 4.98 Å². The molecule has 20 heavy (non-hydrogen) atoms. The van der Waals surface area contributed by atoms with E-state index in [0.29, 0.717) is 5.92 Å². The van der Waals surface area contributed by atoms with E-state index in [0.717, 1.165) is 17.7 Å². The van der Waals surface area contributed by atoms with Gasteiger partial charge in [-0.1, -0.05) is 13.8 Å². The summed E-state index contributed by atoms with van der Waals surface area (Å²) in [6.07, 6.45) is 1.05. The first-order chi connectivity index (χ1) is 9.10. The van der Waals surface area contributed by atoms with Gasteiger partial charge in [0.1, 0.15) is 0 Å². The van der Waals surface area contributed by atoms with Gasteiger partial charge in [0.15, 0.2) is 0 Å². The van der Waals surface area contributed by atoms with E-state index in [4.69, 9.17) is 9.31 Å². The fourth-order valence-electron chi connectivity index (χ4n) is 2.44. The minimum atomic E-state index is -0.370. The number of hydrogen-bond donors (Lipinski definition) is 0. The smallest absolute Gasteiger partial charge is 0.398 e. The van der Waals surface area contributed by atoms with Gasteiger partial charge < -0.3 is 9.31 Å². The van der Waals surface area contributed by atoms with Crippen LogP contribution in [-0.2, 0) is 15.7 Å². The standard InChI is InChI=1S/C16H26BNO2/c1-11(2)8-13-9-12(3)18-14(10-13)17-19-15(4,5)16(6,7)20-17/h9-11H,8H2,1-7H3. The summed E-state index contributed by atoms with van der Waals surface area (Å²) >= 11 is 0. The highest BCUT2D eigenvalue weighted by molar-refractivity contribution is 6.61. The minimum Gasteiger partial charge on any atom is -0.398 e. The normalized spacial score (nSPS) is 20.7. The Kier molecular flexibility index (Phi) is 4.00. The molecule has 4 heteroatoms. The van der Waals surface area contributed by atoms with Crippen molar-refractivity contribution in [2.24, 2.45) is 5.92 Å². The van der Waals surface area contributed by atoms with Gasteiger partial charge in [-0.2, -0.15) is 0 Å². The molecule has 0 unspecified atom stereocenters. The molecule has 2 heterocycles. The number of pyridine rings is 1. The van der Waals surface area contributed by atoms with E-state index in [9.17, 15) is 0 Å². The molecule has 1 fully saturated rings. The molecule has 110 valence electrons. The Balaban J connectivity index is 2.28. The monoisotopic (exact) mass is 275 g/mol. The lowest BCUT2D eigenvalue weighted by Gasteiger charge is -2.32. The maximum absolute atomic E-state index is 6.08. The number of rotatable bonds is 3. The Morgan fingerprint density at radius 3 is 2.15 bits per heavy atom. The van der Waals surface area contributed by atoms with E-state index in [1.807, 2.05) is 6.92 Å². The second-order valence-electron chi connectivity index (χ2n) is 7.23. The fourth-order valence-corrected chi connectivity index (χ4v) is 2.44. The zero-order valence-electron chi connectivity index (χ0n) is 13.8. The minimum absolute atomic E-state index is 0.318. The molecule has 0 amide bonds. The Labute approximate surface area is 123 Å². The van der Waals surface area contributed by atoms with Gasteiger partial charge in [-0.25, -0.2) is 0 Å². The van der Waals surface area contributed by atoms with Crippen LogP contribution in [0.1, 0.15) is 52.8 Å². The van der Waals surface area contributed by atoms with E-state index in [1.165, 1.54) is 5.56 Å². The summed E-state index contributed by atoms with van der Waals surface area (Å²) in [4.78, 5) is 4.60. The van der Waals surface area contributed by atoms with Crippen LogP contribution in [0.3, 0.4) is 0 Å². The molecule has 0 bridgehead atoms. The molecule has 0 atom stereocenters. The maximum atomic E-state index is 6.08. The van der Waals surface area contributed by atoms with Crippen molar-refractivity contribution in [3.05, 3.63) is 23.4 Å². The molecule has 0 N–H and O–H groups in total. The second kappa shape index (κ2) is 5.16. The lowest BCUT2D eigenvalue weighted by molar-refractivity contribution is 0.00578. The zero-order chi connectivity index (χ0) is 15.1. The molecule has 3 nitrogen and oxygen atoms in total. The molecule has 1 aromatic heterocycles. The molecule has 0 aliphatic carbocycles. The molecule has 1 aliphatic heterocycles. The first-order valence-electron chi connectivity index (χ1n) is 7.44. The Morgan fingerprint density at radius 1 is 1.10 bits per heavy atom. The van der Waals surface area contributed by atoms with Crippen LogP contribution < -0.4 is 5.59 Å². The Morgan fingerprint density at radius 2 is 1.65 bits per heavy atom. The predicted octanol–water partition coefficient (Wildman–Crippen LogP) is 2.89. The third-order valence-corrected chi connectivity index (χ3v) is 4.17. The Bertz CT molecular complexity index is 481. The highest BCUT2D eigenvalue weighted by Gasteiger charge is 2.52. The second-order valence-corrected chi connectivity index (χ2v) is 7.23. The molecule has 1 saturated heterocycles. The van der Waals surface area contributed by atoms with Gasteiger partial charge in [0.25, 0.3) is 0 Å². The Hall–Kier alpha value is -0.865. The molecule has 1 aromatic rings. The fraction of sp³-hybridized carbons (Fsp3) is 0.688. The van der Waals surface area contributed by atoms with Crippen molar-refractivity contribution in [2.45, 2.75) is 66.1 Å². The van der Waals surface area contributed by atoms with Gasteiger partial charge in [-0.05, 0) is 64.7 Å². The summed E-state index contributed by atoms with van der Waals surface area (Å²) in [7, 11) is -0.370. The van der Waals surface area contributed by atoms with Crippen molar-refractivity contribution >= 4 is 12.7 Å². The maximum Gasteiger partial charge on any atom is 0.514 e. The molecular weight excluding hydrogens is 249 g/mol. The first kappa shape index (κ1) is 15.5. The average molecular weight is 275 g/mol. The van der Waals surface area contributed by atoms with Gasteiger partial charge in [0.2, 0.25) is 0 Å². The molecule has 1 aliphatic rings. The summed E-state index contributed by atoms with van der Waals surface area (Å²) < 4.78 is 12.2. The van der Waals surface area contributed by atoms with Crippen molar-refractivity contribution in [1.29, 1.82) is 0 Å². The van der Waals surface area contributed by atoms with Crippen LogP contribution in [0.2, 0.25) is 0 Å². The number of aromatic nitrogens is 1. The van der Waals surface area contributed by atoms with Crippen LogP contribution in [-0.4, -0.2) is 23.3 Å². The topological polar surface area (TPSA) is 31.4 Å². The van der Waals surface area contributed by atoms with Crippen LogP contribution in [0.5, 0.6) is 0 Å². The van der Waals surface area contributed by atoms with Crippen molar-refractivity contribution < 1.29 is 9.31 Å². The molecule has 0 saturated carbocycles. The van der Waals surface area contributed by atoms with Crippen LogP contribution in [0.25, 0.3) is 0 Å². The zero-order valence-corrected chi connectivity index (χ0v) is 13.8. The first-order valence-corrected chi connectivity index (χ1v) is 7.44. The van der Waals surface area contributed by atoms with Crippen LogP contribution in [0.4, 0.5) is 0 Å². The molecule has 0 spiro atoms. The van der Waals surface area contributed by atoms with E-state index < -0.39 is 0 Å². The van der Waals surface area contributed by atoms with E-state index in [2.05, 4.69) is 58.7 Å². The lowest BCUT2D eigenvalue weighted by Crippen LogP contribution is -2.41. The van der Waals surface area contributed by atoms with E-state index in [-0.39, 0.29) is 18.3 Å². The molecule has 0 aromatic carbocycles. The predicted molar refractivity (Wildman–Crippen MR) is 83.2 cm³/mol. The SMILES string of the molecule is Cc1cc(CC(C)C)cc(B2OC(C)(C)C(C)(C)O2)n1. The summed E-state index contributed by atoms with van der Waals surface area (Å²) in [5.74, 6) is 0.628. The van der Waals surface area contributed by atoms with Gasteiger partial charge in [-0.3, -0.25) is 4.98 Å². The summed E-state index contributed by atoms with van der Waals surface area (Å²) in [6, 6.07) is 4.27. The van der Waals surface area contributed by atoms with E-state index in [1.54, 1.807) is 0 Å². The van der Waals surface area contributed by atoms with Gasteiger partial charge in [0, 0.05) is 5.69 Å². The largest absolute Gasteiger partial charge is 0.514 e. The summed E-state index contributed by atoms with van der Waals surface area (Å²) in [5, 5.41) is 0. The van der Waals surface area contributed by atoms with Gasteiger partial charge >= 0.3 is 7.12 Å². The van der Waals surface area contributed by atoms with Gasteiger partial charge in [-0.15, -0.1) is 0 Å². The van der Waals surface area contributed by atoms with Crippen LogP contribution >= 0.6 is 0 Å². The van der Waals surface area contributed by atoms with Crippen LogP contribution in [0, 0.1) is 12.8 Å². The van der Waals surface area contributed by atoms with Crippen LogP contribution in [0.15, 0.2) is 12.1 Å². The number of aryl methyl sites for hydroxylation is 1. The van der Waals surface area contributed by atoms with Crippen molar-refractivity contribution in [2.75, 3.05) is 0 Å². The number of hydrogen-bond acceptors (Lipinski definition) is 3. The quantitative estimate of drug-likeness (QED) is 0.795. The lowest BCUT2D eigenvalue weighted by atomic mass is 9.82. The highest BCUT2D eigenvalue weighted by atomic mass is 16.7.